The summed E-state index contributed by atoms with van der Waals surface area (Å²) in [6.07, 6.45) is 0.222. The summed E-state index contributed by atoms with van der Waals surface area (Å²) < 4.78 is 13.0. The highest BCUT2D eigenvalue weighted by Crippen LogP contribution is 2.19. The number of benzene rings is 1. The second kappa shape index (κ2) is 7.90. The minimum absolute atomic E-state index is 0.00967. The Hall–Kier alpha value is -2.44. The maximum atomic E-state index is 13.0. The summed E-state index contributed by atoms with van der Waals surface area (Å²) in [5.41, 5.74) is 0.232. The molecule has 130 valence electrons. The van der Waals surface area contributed by atoms with Gasteiger partial charge in [-0.3, -0.25) is 14.4 Å². The van der Waals surface area contributed by atoms with Gasteiger partial charge in [-0.1, -0.05) is 6.07 Å². The quantitative estimate of drug-likeness (QED) is 0.759. The second-order valence-corrected chi connectivity index (χ2v) is 6.10. The Labute approximate surface area is 140 Å². The highest BCUT2D eigenvalue weighted by Gasteiger charge is 2.35. The van der Waals surface area contributed by atoms with Crippen LogP contribution >= 0.6 is 0 Å². The molecule has 2 rings (SSSR count). The van der Waals surface area contributed by atoms with Gasteiger partial charge >= 0.3 is 0 Å². The molecule has 0 radical (unpaired) electrons. The third-order valence-electron chi connectivity index (χ3n) is 3.95. The molecule has 0 aromatic heterocycles. The Balaban J connectivity index is 1.72. The standard InChI is InChI=1S/C17H22FN3O3/c1-11(2)21-10-13(9-15(21)22)17(24)20-7-6-19-16(23)12-4-3-5-14(18)8-12/h3-5,8,11,13H,6-7,9-10H2,1-2H3,(H,19,23)(H,20,24). The summed E-state index contributed by atoms with van der Waals surface area (Å²) in [4.78, 5) is 37.4. The number of halogens is 1. The zero-order valence-electron chi connectivity index (χ0n) is 13.8. The number of rotatable bonds is 6. The second-order valence-electron chi connectivity index (χ2n) is 6.10. The van der Waals surface area contributed by atoms with E-state index in [1.165, 1.54) is 18.2 Å². The molecule has 2 N–H and O–H groups in total. The summed E-state index contributed by atoms with van der Waals surface area (Å²) in [7, 11) is 0. The molecule has 24 heavy (non-hydrogen) atoms. The molecule has 1 aromatic rings. The largest absolute Gasteiger partial charge is 0.354 e. The van der Waals surface area contributed by atoms with Crippen molar-refractivity contribution in [2.24, 2.45) is 5.92 Å². The van der Waals surface area contributed by atoms with Gasteiger partial charge in [0.15, 0.2) is 0 Å². The first-order valence-corrected chi connectivity index (χ1v) is 7.99. The van der Waals surface area contributed by atoms with Gasteiger partial charge in [-0.05, 0) is 32.0 Å². The first kappa shape index (κ1) is 17.9. The minimum atomic E-state index is -0.475. The van der Waals surface area contributed by atoms with Crippen LogP contribution in [0.5, 0.6) is 0 Å². The van der Waals surface area contributed by atoms with Crippen LogP contribution in [0.3, 0.4) is 0 Å². The predicted molar refractivity (Wildman–Crippen MR) is 86.7 cm³/mol. The van der Waals surface area contributed by atoms with E-state index in [4.69, 9.17) is 0 Å². The van der Waals surface area contributed by atoms with E-state index in [1.54, 1.807) is 4.90 Å². The summed E-state index contributed by atoms with van der Waals surface area (Å²) in [5.74, 6) is -1.42. The Morgan fingerprint density at radius 2 is 2.00 bits per heavy atom. The van der Waals surface area contributed by atoms with Crippen molar-refractivity contribution >= 4 is 17.7 Å². The van der Waals surface area contributed by atoms with E-state index in [1.807, 2.05) is 13.8 Å². The van der Waals surface area contributed by atoms with E-state index in [0.717, 1.165) is 6.07 Å². The molecule has 7 heteroatoms. The maximum absolute atomic E-state index is 13.0. The molecule has 1 saturated heterocycles. The molecule has 0 bridgehead atoms. The van der Waals surface area contributed by atoms with E-state index in [9.17, 15) is 18.8 Å². The number of hydrogen-bond donors (Lipinski definition) is 2. The first-order valence-electron chi connectivity index (χ1n) is 7.99. The SMILES string of the molecule is CC(C)N1CC(C(=O)NCCNC(=O)c2cccc(F)c2)CC1=O. The van der Waals surface area contributed by atoms with Gasteiger partial charge in [-0.25, -0.2) is 4.39 Å². The van der Waals surface area contributed by atoms with Gasteiger partial charge in [-0.15, -0.1) is 0 Å². The van der Waals surface area contributed by atoms with E-state index in [2.05, 4.69) is 10.6 Å². The van der Waals surface area contributed by atoms with Crippen LogP contribution in [0.4, 0.5) is 4.39 Å². The molecule has 1 aliphatic heterocycles. The number of carbonyl (C=O) groups excluding carboxylic acids is 3. The zero-order valence-corrected chi connectivity index (χ0v) is 13.8. The van der Waals surface area contributed by atoms with Gasteiger partial charge in [0, 0.05) is 37.7 Å². The smallest absolute Gasteiger partial charge is 0.251 e. The van der Waals surface area contributed by atoms with Crippen molar-refractivity contribution < 1.29 is 18.8 Å². The molecule has 1 heterocycles. The molecule has 1 aliphatic rings. The number of carbonyl (C=O) groups is 3. The third-order valence-corrected chi connectivity index (χ3v) is 3.95. The van der Waals surface area contributed by atoms with Crippen molar-refractivity contribution in [2.75, 3.05) is 19.6 Å². The van der Waals surface area contributed by atoms with Crippen molar-refractivity contribution in [3.63, 3.8) is 0 Å². The predicted octanol–water partition coefficient (Wildman–Crippen LogP) is 0.929. The van der Waals surface area contributed by atoms with Gasteiger partial charge in [0.05, 0.1) is 5.92 Å². The highest BCUT2D eigenvalue weighted by atomic mass is 19.1. The van der Waals surface area contributed by atoms with Crippen LogP contribution in [-0.2, 0) is 9.59 Å². The first-order chi connectivity index (χ1) is 11.4. The lowest BCUT2D eigenvalue weighted by atomic mass is 10.1. The lowest BCUT2D eigenvalue weighted by Gasteiger charge is -2.20. The number of amides is 3. The summed E-state index contributed by atoms with van der Waals surface area (Å²) >= 11 is 0. The summed E-state index contributed by atoms with van der Waals surface area (Å²) in [6.45, 7) is 4.75. The van der Waals surface area contributed by atoms with Crippen LogP contribution < -0.4 is 10.6 Å². The zero-order chi connectivity index (χ0) is 17.7. The number of nitrogens with one attached hydrogen (secondary N) is 2. The monoisotopic (exact) mass is 335 g/mol. The van der Waals surface area contributed by atoms with Crippen molar-refractivity contribution in [1.29, 1.82) is 0 Å². The average Bonchev–Trinajstić information content (AvgIpc) is 2.93. The van der Waals surface area contributed by atoms with Crippen LogP contribution in [0.1, 0.15) is 30.6 Å². The van der Waals surface area contributed by atoms with Gasteiger partial charge in [0.25, 0.3) is 5.91 Å². The van der Waals surface area contributed by atoms with Gasteiger partial charge in [0.1, 0.15) is 5.82 Å². The van der Waals surface area contributed by atoms with Crippen LogP contribution in [0.15, 0.2) is 24.3 Å². The molecule has 0 saturated carbocycles. The third kappa shape index (κ3) is 4.53. The van der Waals surface area contributed by atoms with Crippen molar-refractivity contribution in [3.05, 3.63) is 35.6 Å². The summed E-state index contributed by atoms with van der Waals surface area (Å²) in [6, 6.07) is 5.48. The van der Waals surface area contributed by atoms with E-state index in [0.29, 0.717) is 6.54 Å². The molecule has 0 aliphatic carbocycles. The Kier molecular flexibility index (Phi) is 5.89. The summed E-state index contributed by atoms with van der Waals surface area (Å²) in [5, 5.41) is 5.33. The fourth-order valence-corrected chi connectivity index (χ4v) is 2.64. The Morgan fingerprint density at radius 1 is 1.29 bits per heavy atom. The van der Waals surface area contributed by atoms with Gasteiger partial charge < -0.3 is 15.5 Å². The molecular weight excluding hydrogens is 313 g/mol. The Morgan fingerprint density at radius 3 is 2.62 bits per heavy atom. The lowest BCUT2D eigenvalue weighted by Crippen LogP contribution is -2.39. The van der Waals surface area contributed by atoms with Crippen LogP contribution in [0.25, 0.3) is 0 Å². The lowest BCUT2D eigenvalue weighted by molar-refractivity contribution is -0.129. The van der Waals surface area contributed by atoms with E-state index in [-0.39, 0.29) is 48.8 Å². The molecule has 1 unspecified atom stereocenters. The molecule has 1 aromatic carbocycles. The van der Waals surface area contributed by atoms with Crippen molar-refractivity contribution in [1.82, 2.24) is 15.5 Å². The topological polar surface area (TPSA) is 78.5 Å². The van der Waals surface area contributed by atoms with Crippen molar-refractivity contribution in [2.45, 2.75) is 26.3 Å². The van der Waals surface area contributed by atoms with Gasteiger partial charge in [-0.2, -0.15) is 0 Å². The number of likely N-dealkylation sites (tertiary alicyclic amines) is 1. The molecule has 6 nitrogen and oxygen atoms in total. The number of nitrogens with zero attached hydrogens (tertiary/aromatic N) is 1. The normalized spacial score (nSPS) is 17.2. The van der Waals surface area contributed by atoms with E-state index < -0.39 is 11.7 Å². The fraction of sp³-hybridized carbons (Fsp3) is 0.471. The molecule has 0 spiro atoms. The molecular formula is C17H22FN3O3. The average molecular weight is 335 g/mol. The van der Waals surface area contributed by atoms with Crippen LogP contribution in [0.2, 0.25) is 0 Å². The van der Waals surface area contributed by atoms with Crippen LogP contribution in [0, 0.1) is 11.7 Å². The maximum Gasteiger partial charge on any atom is 0.251 e. The van der Waals surface area contributed by atoms with Crippen molar-refractivity contribution in [3.8, 4) is 0 Å². The molecule has 1 fully saturated rings. The number of hydrogen-bond acceptors (Lipinski definition) is 3. The van der Waals surface area contributed by atoms with Gasteiger partial charge in [0.2, 0.25) is 11.8 Å². The van der Waals surface area contributed by atoms with E-state index >= 15 is 0 Å². The molecule has 3 amide bonds. The Bertz CT molecular complexity index is 633. The minimum Gasteiger partial charge on any atom is -0.354 e. The van der Waals surface area contributed by atoms with Crippen LogP contribution in [-0.4, -0.2) is 48.3 Å². The fourth-order valence-electron chi connectivity index (χ4n) is 2.64. The molecule has 1 atom stereocenters. The highest BCUT2D eigenvalue weighted by molar-refractivity contribution is 5.94.